The van der Waals surface area contributed by atoms with Crippen LogP contribution in [-0.2, 0) is 4.79 Å². The topological polar surface area (TPSA) is 68.0 Å². The molecule has 2 aromatic carbocycles. The van der Waals surface area contributed by atoms with Gasteiger partial charge in [-0.2, -0.15) is 5.10 Å². The molecule has 0 bridgehead atoms. The maximum absolute atomic E-state index is 13.3. The van der Waals surface area contributed by atoms with Crippen LogP contribution in [0.4, 0.5) is 10.1 Å². The van der Waals surface area contributed by atoms with E-state index in [-0.39, 0.29) is 24.4 Å². The highest BCUT2D eigenvalue weighted by Crippen LogP contribution is 2.33. The van der Waals surface area contributed by atoms with Crippen molar-refractivity contribution in [1.82, 2.24) is 4.68 Å². The van der Waals surface area contributed by atoms with Crippen molar-refractivity contribution in [3.8, 4) is 17.0 Å². The SMILES string of the molecule is CC(=Nn1c(-c2ccc3c(c2)NC(=O)CO3)csc1=NC(C)C)c1ccc(F)cc1. The van der Waals surface area contributed by atoms with Crippen LogP contribution in [0.2, 0.25) is 0 Å². The van der Waals surface area contributed by atoms with Gasteiger partial charge >= 0.3 is 0 Å². The van der Waals surface area contributed by atoms with Gasteiger partial charge in [-0.05, 0) is 56.7 Å². The predicted octanol–water partition coefficient (Wildman–Crippen LogP) is 4.27. The molecule has 2 heterocycles. The Hall–Kier alpha value is -3.26. The zero-order chi connectivity index (χ0) is 21.3. The van der Waals surface area contributed by atoms with Gasteiger partial charge in [-0.25, -0.2) is 9.07 Å². The first-order valence-corrected chi connectivity index (χ1v) is 10.4. The van der Waals surface area contributed by atoms with Gasteiger partial charge in [0, 0.05) is 17.0 Å². The highest BCUT2D eigenvalue weighted by Gasteiger charge is 2.18. The molecule has 0 spiro atoms. The summed E-state index contributed by atoms with van der Waals surface area (Å²) >= 11 is 1.49. The molecule has 0 fully saturated rings. The zero-order valence-corrected chi connectivity index (χ0v) is 17.7. The number of carbonyl (C=O) groups excluding carboxylic acids is 1. The van der Waals surface area contributed by atoms with E-state index >= 15 is 0 Å². The molecule has 3 aromatic rings. The number of aromatic nitrogens is 1. The Kier molecular flexibility index (Phi) is 5.50. The van der Waals surface area contributed by atoms with Crippen LogP contribution in [-0.4, -0.2) is 28.9 Å². The molecule has 0 aliphatic carbocycles. The van der Waals surface area contributed by atoms with Crippen molar-refractivity contribution in [3.05, 3.63) is 64.0 Å². The van der Waals surface area contributed by atoms with E-state index < -0.39 is 0 Å². The van der Waals surface area contributed by atoms with Gasteiger partial charge in [0.1, 0.15) is 11.6 Å². The third-order valence-electron chi connectivity index (χ3n) is 4.47. The molecule has 1 N–H and O–H groups in total. The fourth-order valence-electron chi connectivity index (χ4n) is 3.05. The van der Waals surface area contributed by atoms with Gasteiger partial charge in [0.25, 0.3) is 5.91 Å². The van der Waals surface area contributed by atoms with Crippen LogP contribution < -0.4 is 14.9 Å². The number of anilines is 1. The van der Waals surface area contributed by atoms with Crippen LogP contribution in [0.5, 0.6) is 5.75 Å². The van der Waals surface area contributed by atoms with E-state index in [9.17, 15) is 9.18 Å². The monoisotopic (exact) mass is 424 g/mol. The summed E-state index contributed by atoms with van der Waals surface area (Å²) in [6, 6.07) is 12.0. The average Bonchev–Trinajstić information content (AvgIpc) is 3.09. The lowest BCUT2D eigenvalue weighted by Crippen LogP contribution is -2.25. The van der Waals surface area contributed by atoms with Gasteiger partial charge in [0.05, 0.1) is 17.1 Å². The van der Waals surface area contributed by atoms with Crippen molar-refractivity contribution in [2.75, 3.05) is 11.9 Å². The van der Waals surface area contributed by atoms with Crippen molar-refractivity contribution >= 4 is 28.6 Å². The third-order valence-corrected chi connectivity index (χ3v) is 5.30. The maximum atomic E-state index is 13.3. The van der Waals surface area contributed by atoms with Crippen LogP contribution in [0, 0.1) is 5.82 Å². The lowest BCUT2D eigenvalue weighted by molar-refractivity contribution is -0.118. The van der Waals surface area contributed by atoms with Crippen LogP contribution >= 0.6 is 11.3 Å². The standard InChI is InChI=1S/C22H21FN4O2S/c1-13(2)24-22-27(26-14(3)15-4-7-17(23)8-5-15)19(12-30-22)16-6-9-20-18(10-16)25-21(28)11-29-20/h4-10,12-13H,11H2,1-3H3,(H,25,28). The fourth-order valence-corrected chi connectivity index (χ4v) is 4.01. The number of fused-ring (bicyclic) bond motifs is 1. The number of rotatable bonds is 4. The smallest absolute Gasteiger partial charge is 0.262 e. The first kappa shape index (κ1) is 20.0. The first-order valence-electron chi connectivity index (χ1n) is 9.53. The van der Waals surface area contributed by atoms with Gasteiger partial charge in [0.15, 0.2) is 6.61 Å². The van der Waals surface area contributed by atoms with Crippen LogP contribution in [0.1, 0.15) is 26.3 Å². The van der Waals surface area contributed by atoms with E-state index in [4.69, 9.17) is 9.84 Å². The average molecular weight is 425 g/mol. The number of carbonyl (C=O) groups is 1. The number of hydrogen-bond acceptors (Lipinski definition) is 5. The third kappa shape index (κ3) is 4.18. The number of ether oxygens (including phenoxy) is 1. The molecule has 4 rings (SSSR count). The van der Waals surface area contributed by atoms with Crippen LogP contribution in [0.25, 0.3) is 11.3 Å². The molecule has 0 saturated carbocycles. The van der Waals surface area contributed by atoms with E-state index in [1.807, 2.05) is 44.4 Å². The van der Waals surface area contributed by atoms with Gasteiger partial charge in [-0.3, -0.25) is 9.79 Å². The number of nitrogens with zero attached hydrogens (tertiary/aromatic N) is 3. The van der Waals surface area contributed by atoms with Gasteiger partial charge in [-0.15, -0.1) is 11.3 Å². The normalized spacial score (nSPS) is 14.5. The Morgan fingerprint density at radius 3 is 2.73 bits per heavy atom. The van der Waals surface area contributed by atoms with Gasteiger partial charge < -0.3 is 10.1 Å². The summed E-state index contributed by atoms with van der Waals surface area (Å²) in [5.41, 5.74) is 3.89. The molecule has 0 radical (unpaired) electrons. The molecule has 0 unspecified atom stereocenters. The zero-order valence-electron chi connectivity index (χ0n) is 16.8. The molecule has 0 atom stereocenters. The van der Waals surface area contributed by atoms with Crippen LogP contribution in [0.15, 0.2) is 57.9 Å². The molecular weight excluding hydrogens is 403 g/mol. The first-order chi connectivity index (χ1) is 14.4. The summed E-state index contributed by atoms with van der Waals surface area (Å²) in [6.07, 6.45) is 0. The summed E-state index contributed by atoms with van der Waals surface area (Å²) in [4.78, 5) is 17.1. The molecule has 1 aliphatic heterocycles. The molecule has 30 heavy (non-hydrogen) atoms. The summed E-state index contributed by atoms with van der Waals surface area (Å²) in [5.74, 6) is 0.168. The van der Waals surface area contributed by atoms with Gasteiger partial charge in [0.2, 0.25) is 4.80 Å². The summed E-state index contributed by atoms with van der Waals surface area (Å²) in [5, 5.41) is 9.60. The fraction of sp³-hybridized carbons (Fsp3) is 0.227. The van der Waals surface area contributed by atoms with Crippen molar-refractivity contribution in [2.24, 2.45) is 10.1 Å². The Balaban J connectivity index is 1.83. The maximum Gasteiger partial charge on any atom is 0.262 e. The van der Waals surface area contributed by atoms with E-state index in [1.54, 1.807) is 16.8 Å². The Labute approximate surface area is 177 Å². The highest BCUT2D eigenvalue weighted by molar-refractivity contribution is 7.07. The van der Waals surface area contributed by atoms with E-state index in [0.29, 0.717) is 11.4 Å². The minimum Gasteiger partial charge on any atom is -0.482 e. The highest BCUT2D eigenvalue weighted by atomic mass is 32.1. The summed E-state index contributed by atoms with van der Waals surface area (Å²) in [7, 11) is 0. The molecule has 1 amide bonds. The molecule has 0 saturated heterocycles. The van der Waals surface area contributed by atoms with Crippen molar-refractivity contribution in [2.45, 2.75) is 26.8 Å². The van der Waals surface area contributed by atoms with E-state index in [0.717, 1.165) is 27.3 Å². The molecule has 1 aliphatic rings. The molecule has 6 nitrogen and oxygen atoms in total. The Bertz CT molecular complexity index is 1190. The minimum absolute atomic E-state index is 0.0172. The van der Waals surface area contributed by atoms with E-state index in [2.05, 4.69) is 10.3 Å². The van der Waals surface area contributed by atoms with Crippen molar-refractivity contribution in [3.63, 3.8) is 0 Å². The molecular formula is C22H21FN4O2S. The van der Waals surface area contributed by atoms with Crippen molar-refractivity contribution < 1.29 is 13.9 Å². The summed E-state index contributed by atoms with van der Waals surface area (Å²) < 4.78 is 20.5. The lowest BCUT2D eigenvalue weighted by Gasteiger charge is -2.18. The van der Waals surface area contributed by atoms with Crippen LogP contribution in [0.3, 0.4) is 0 Å². The number of amides is 1. The van der Waals surface area contributed by atoms with Gasteiger partial charge in [-0.1, -0.05) is 12.1 Å². The minimum atomic E-state index is -0.288. The number of hydrogen-bond donors (Lipinski definition) is 1. The Morgan fingerprint density at radius 1 is 1.23 bits per heavy atom. The molecule has 154 valence electrons. The second-order valence-electron chi connectivity index (χ2n) is 7.18. The Morgan fingerprint density at radius 2 is 2.00 bits per heavy atom. The number of nitrogens with one attached hydrogen (secondary N) is 1. The largest absolute Gasteiger partial charge is 0.482 e. The summed E-state index contributed by atoms with van der Waals surface area (Å²) in [6.45, 7) is 5.91. The van der Waals surface area contributed by atoms with Crippen molar-refractivity contribution in [1.29, 1.82) is 0 Å². The lowest BCUT2D eigenvalue weighted by atomic mass is 10.1. The number of thiazole rings is 1. The second kappa shape index (κ2) is 8.23. The quantitative estimate of drug-likeness (QED) is 0.636. The number of halogens is 1. The molecule has 1 aromatic heterocycles. The molecule has 8 heteroatoms. The number of benzene rings is 2. The second-order valence-corrected chi connectivity index (χ2v) is 8.01. The predicted molar refractivity (Wildman–Crippen MR) is 117 cm³/mol. The van der Waals surface area contributed by atoms with E-state index in [1.165, 1.54) is 23.5 Å².